The summed E-state index contributed by atoms with van der Waals surface area (Å²) < 4.78 is 0. The number of hydrogen-bond donors (Lipinski definition) is 0. The molecule has 1 aromatic rings. The van der Waals surface area contributed by atoms with Crippen LogP contribution in [-0.2, 0) is 0 Å². The van der Waals surface area contributed by atoms with Crippen LogP contribution in [0.2, 0.25) is 0 Å². The van der Waals surface area contributed by atoms with Gasteiger partial charge in [0, 0.05) is 24.8 Å². The van der Waals surface area contributed by atoms with E-state index in [4.69, 9.17) is 0 Å². The Hall–Kier alpha value is -1.02. The van der Waals surface area contributed by atoms with E-state index in [0.717, 1.165) is 11.6 Å². The maximum absolute atomic E-state index is 3.94. The Bertz CT molecular complexity index is 346. The van der Waals surface area contributed by atoms with Crippen molar-refractivity contribution in [3.63, 3.8) is 0 Å². The third kappa shape index (κ3) is 3.05. The summed E-state index contributed by atoms with van der Waals surface area (Å²) >= 11 is 0. The Morgan fingerprint density at radius 1 is 1.11 bits per heavy atom. The molecule has 2 nitrogen and oxygen atoms in total. The molecule has 1 radical (unpaired) electrons. The SMILES string of the molecule is [CH2]c1ccc(N2CCC(N(CC)CC)CC2)cc1. The van der Waals surface area contributed by atoms with Gasteiger partial charge in [0.2, 0.25) is 0 Å². The summed E-state index contributed by atoms with van der Waals surface area (Å²) in [6.45, 7) is 13.2. The summed E-state index contributed by atoms with van der Waals surface area (Å²) in [4.78, 5) is 5.09. The van der Waals surface area contributed by atoms with Gasteiger partial charge in [0.05, 0.1) is 0 Å². The smallest absolute Gasteiger partial charge is 0.0366 e. The van der Waals surface area contributed by atoms with E-state index in [2.05, 4.69) is 54.8 Å². The van der Waals surface area contributed by atoms with Crippen molar-refractivity contribution in [3.05, 3.63) is 36.8 Å². The molecule has 0 spiro atoms. The highest BCUT2D eigenvalue weighted by Gasteiger charge is 2.22. The van der Waals surface area contributed by atoms with Gasteiger partial charge in [0.1, 0.15) is 0 Å². The zero-order valence-corrected chi connectivity index (χ0v) is 11.7. The van der Waals surface area contributed by atoms with Crippen molar-refractivity contribution < 1.29 is 0 Å². The van der Waals surface area contributed by atoms with Crippen LogP contribution in [0.3, 0.4) is 0 Å². The molecular formula is C16H25N2. The van der Waals surface area contributed by atoms with Crippen LogP contribution >= 0.6 is 0 Å². The molecule has 2 heteroatoms. The minimum atomic E-state index is 0.781. The van der Waals surface area contributed by atoms with Crippen molar-refractivity contribution in [2.24, 2.45) is 0 Å². The summed E-state index contributed by atoms with van der Waals surface area (Å²) in [5.74, 6) is 0. The number of benzene rings is 1. The fourth-order valence-corrected chi connectivity index (χ4v) is 2.94. The molecule has 2 rings (SSSR count). The van der Waals surface area contributed by atoms with Gasteiger partial charge in [-0.3, -0.25) is 0 Å². The molecule has 0 bridgehead atoms. The van der Waals surface area contributed by atoms with Crippen molar-refractivity contribution in [2.45, 2.75) is 32.7 Å². The summed E-state index contributed by atoms with van der Waals surface area (Å²) in [7, 11) is 0. The highest BCUT2D eigenvalue weighted by atomic mass is 15.2. The molecule has 18 heavy (non-hydrogen) atoms. The number of piperidine rings is 1. The quantitative estimate of drug-likeness (QED) is 0.804. The third-order valence-corrected chi connectivity index (χ3v) is 4.09. The molecular weight excluding hydrogens is 220 g/mol. The molecule has 0 unspecified atom stereocenters. The molecule has 0 N–H and O–H groups in total. The number of rotatable bonds is 4. The van der Waals surface area contributed by atoms with Gasteiger partial charge in [-0.1, -0.05) is 26.0 Å². The van der Waals surface area contributed by atoms with Crippen LogP contribution in [0, 0.1) is 6.92 Å². The molecule has 1 fully saturated rings. The number of nitrogens with zero attached hydrogens (tertiary/aromatic N) is 2. The predicted molar refractivity (Wildman–Crippen MR) is 79.1 cm³/mol. The Labute approximate surface area is 112 Å². The topological polar surface area (TPSA) is 6.48 Å². The van der Waals surface area contributed by atoms with Gasteiger partial charge in [-0.15, -0.1) is 0 Å². The normalized spacial score (nSPS) is 17.4. The van der Waals surface area contributed by atoms with E-state index in [-0.39, 0.29) is 0 Å². The van der Waals surface area contributed by atoms with Gasteiger partial charge in [0.15, 0.2) is 0 Å². The van der Waals surface area contributed by atoms with Gasteiger partial charge in [-0.25, -0.2) is 0 Å². The molecule has 0 amide bonds. The third-order valence-electron chi connectivity index (χ3n) is 4.09. The fourth-order valence-electron chi connectivity index (χ4n) is 2.94. The highest BCUT2D eigenvalue weighted by molar-refractivity contribution is 5.48. The number of hydrogen-bond acceptors (Lipinski definition) is 2. The summed E-state index contributed by atoms with van der Waals surface area (Å²) in [5.41, 5.74) is 2.44. The summed E-state index contributed by atoms with van der Waals surface area (Å²) in [5, 5.41) is 0. The molecule has 0 atom stereocenters. The maximum Gasteiger partial charge on any atom is 0.0366 e. The lowest BCUT2D eigenvalue weighted by atomic mass is 10.0. The second-order valence-electron chi connectivity index (χ2n) is 5.11. The first-order chi connectivity index (χ1) is 8.74. The first kappa shape index (κ1) is 13.4. The van der Waals surface area contributed by atoms with E-state index in [9.17, 15) is 0 Å². The molecule has 1 saturated heterocycles. The van der Waals surface area contributed by atoms with E-state index < -0.39 is 0 Å². The van der Waals surface area contributed by atoms with E-state index in [1.165, 1.54) is 44.7 Å². The molecule has 99 valence electrons. The average molecular weight is 245 g/mol. The lowest BCUT2D eigenvalue weighted by Gasteiger charge is -2.38. The minimum absolute atomic E-state index is 0.781. The van der Waals surface area contributed by atoms with Gasteiger partial charge in [-0.2, -0.15) is 0 Å². The van der Waals surface area contributed by atoms with Gasteiger partial charge < -0.3 is 9.80 Å². The van der Waals surface area contributed by atoms with Crippen LogP contribution in [-0.4, -0.2) is 37.1 Å². The second-order valence-corrected chi connectivity index (χ2v) is 5.11. The first-order valence-corrected chi connectivity index (χ1v) is 7.15. The van der Waals surface area contributed by atoms with Gasteiger partial charge >= 0.3 is 0 Å². The molecule has 1 aliphatic heterocycles. The van der Waals surface area contributed by atoms with Crippen LogP contribution in [0.1, 0.15) is 32.3 Å². The molecule has 0 aromatic heterocycles. The molecule has 0 saturated carbocycles. The van der Waals surface area contributed by atoms with Crippen LogP contribution in [0.5, 0.6) is 0 Å². The zero-order valence-electron chi connectivity index (χ0n) is 11.7. The van der Waals surface area contributed by atoms with Crippen LogP contribution in [0.15, 0.2) is 24.3 Å². The van der Waals surface area contributed by atoms with Crippen molar-refractivity contribution in [1.82, 2.24) is 4.90 Å². The maximum atomic E-state index is 3.94. The summed E-state index contributed by atoms with van der Waals surface area (Å²) in [6, 6.07) is 9.38. The van der Waals surface area contributed by atoms with E-state index >= 15 is 0 Å². The zero-order chi connectivity index (χ0) is 13.0. The van der Waals surface area contributed by atoms with Crippen LogP contribution < -0.4 is 4.90 Å². The Kier molecular flexibility index (Phi) is 4.65. The Morgan fingerprint density at radius 3 is 2.17 bits per heavy atom. The molecule has 0 aliphatic carbocycles. The van der Waals surface area contributed by atoms with E-state index in [1.54, 1.807) is 0 Å². The van der Waals surface area contributed by atoms with E-state index in [1.807, 2.05) is 0 Å². The van der Waals surface area contributed by atoms with Gasteiger partial charge in [-0.05, 0) is 50.6 Å². The lowest BCUT2D eigenvalue weighted by molar-refractivity contribution is 0.186. The fraction of sp³-hybridized carbons (Fsp3) is 0.562. The summed E-state index contributed by atoms with van der Waals surface area (Å²) in [6.07, 6.45) is 2.57. The second kappa shape index (κ2) is 6.24. The van der Waals surface area contributed by atoms with Gasteiger partial charge in [0.25, 0.3) is 0 Å². The average Bonchev–Trinajstić information content (AvgIpc) is 2.42. The molecule has 1 heterocycles. The predicted octanol–water partition coefficient (Wildman–Crippen LogP) is 3.18. The largest absolute Gasteiger partial charge is 0.371 e. The van der Waals surface area contributed by atoms with Crippen molar-refractivity contribution in [2.75, 3.05) is 31.1 Å². The Morgan fingerprint density at radius 2 is 1.67 bits per heavy atom. The standard InChI is InChI=1S/C16H25N2/c1-4-17(5-2)16-10-12-18(13-11-16)15-8-6-14(3)7-9-15/h6-9,16H,3-5,10-13H2,1-2H3. The monoisotopic (exact) mass is 245 g/mol. The highest BCUT2D eigenvalue weighted by Crippen LogP contribution is 2.22. The molecule has 1 aliphatic rings. The van der Waals surface area contributed by atoms with Crippen LogP contribution in [0.4, 0.5) is 5.69 Å². The van der Waals surface area contributed by atoms with Crippen molar-refractivity contribution in [3.8, 4) is 0 Å². The minimum Gasteiger partial charge on any atom is -0.371 e. The van der Waals surface area contributed by atoms with Crippen molar-refractivity contribution in [1.29, 1.82) is 0 Å². The number of anilines is 1. The van der Waals surface area contributed by atoms with Crippen molar-refractivity contribution >= 4 is 5.69 Å². The Balaban J connectivity index is 1.92. The molecule has 1 aromatic carbocycles. The lowest BCUT2D eigenvalue weighted by Crippen LogP contribution is -2.44. The first-order valence-electron chi connectivity index (χ1n) is 7.15. The van der Waals surface area contributed by atoms with E-state index in [0.29, 0.717) is 0 Å². The van der Waals surface area contributed by atoms with Crippen LogP contribution in [0.25, 0.3) is 0 Å².